The monoisotopic (exact) mass is 369 g/mol. The van der Waals surface area contributed by atoms with Crippen molar-refractivity contribution in [2.75, 3.05) is 5.73 Å². The molecule has 0 saturated heterocycles. The third kappa shape index (κ3) is 2.58. The van der Waals surface area contributed by atoms with Crippen molar-refractivity contribution in [1.82, 2.24) is 9.78 Å². The van der Waals surface area contributed by atoms with Crippen molar-refractivity contribution in [3.8, 4) is 21.7 Å². The molecule has 7 heteroatoms. The van der Waals surface area contributed by atoms with E-state index in [0.717, 1.165) is 14.7 Å². The first-order valence-corrected chi connectivity index (χ1v) is 7.61. The molecular formula is C14H10BrF2N3S. The molecule has 1 aromatic carbocycles. The standard InChI is InChI=1S/C14H10BrF2N3S/c1-20-14(18)12(7-4-8(16)6-9(17)5-7)13(19-20)10-2-3-11(15)21-10/h2-6H,18H2,1H3. The van der Waals surface area contributed by atoms with Gasteiger partial charge in [0, 0.05) is 13.1 Å². The van der Waals surface area contributed by atoms with Gasteiger partial charge in [0.05, 0.1) is 14.2 Å². The van der Waals surface area contributed by atoms with E-state index >= 15 is 0 Å². The van der Waals surface area contributed by atoms with Gasteiger partial charge in [-0.25, -0.2) is 8.78 Å². The minimum Gasteiger partial charge on any atom is -0.383 e. The Morgan fingerprint density at radius 3 is 2.43 bits per heavy atom. The van der Waals surface area contributed by atoms with Gasteiger partial charge in [-0.05, 0) is 45.8 Å². The second-order valence-electron chi connectivity index (χ2n) is 4.49. The number of thiophene rings is 1. The minimum absolute atomic E-state index is 0.361. The van der Waals surface area contributed by atoms with Crippen LogP contribution in [0.25, 0.3) is 21.7 Å². The Morgan fingerprint density at radius 2 is 1.86 bits per heavy atom. The zero-order valence-electron chi connectivity index (χ0n) is 10.9. The van der Waals surface area contributed by atoms with Gasteiger partial charge in [-0.1, -0.05) is 0 Å². The maximum absolute atomic E-state index is 13.5. The van der Waals surface area contributed by atoms with Gasteiger partial charge in [0.2, 0.25) is 0 Å². The molecule has 108 valence electrons. The van der Waals surface area contributed by atoms with E-state index in [-0.39, 0.29) is 0 Å². The molecular weight excluding hydrogens is 360 g/mol. The summed E-state index contributed by atoms with van der Waals surface area (Å²) in [7, 11) is 1.70. The molecule has 0 atom stereocenters. The molecule has 0 spiro atoms. The van der Waals surface area contributed by atoms with Crippen molar-refractivity contribution >= 4 is 33.1 Å². The van der Waals surface area contributed by atoms with Gasteiger partial charge in [-0.2, -0.15) is 5.10 Å². The summed E-state index contributed by atoms with van der Waals surface area (Å²) in [6, 6.07) is 7.11. The van der Waals surface area contributed by atoms with Crippen molar-refractivity contribution < 1.29 is 8.78 Å². The van der Waals surface area contributed by atoms with E-state index in [0.29, 0.717) is 22.6 Å². The summed E-state index contributed by atoms with van der Waals surface area (Å²) < 4.78 is 29.4. The van der Waals surface area contributed by atoms with Crippen molar-refractivity contribution in [2.24, 2.45) is 7.05 Å². The highest BCUT2D eigenvalue weighted by Crippen LogP contribution is 2.40. The van der Waals surface area contributed by atoms with Crippen LogP contribution in [0.2, 0.25) is 0 Å². The van der Waals surface area contributed by atoms with E-state index in [9.17, 15) is 8.78 Å². The van der Waals surface area contributed by atoms with Crippen LogP contribution < -0.4 is 5.73 Å². The topological polar surface area (TPSA) is 43.8 Å². The summed E-state index contributed by atoms with van der Waals surface area (Å²) in [5.74, 6) is -0.933. The Bertz CT molecular complexity index is 805. The largest absolute Gasteiger partial charge is 0.383 e. The second-order valence-corrected chi connectivity index (χ2v) is 6.96. The van der Waals surface area contributed by atoms with E-state index < -0.39 is 11.6 Å². The van der Waals surface area contributed by atoms with Crippen LogP contribution in [0.3, 0.4) is 0 Å². The minimum atomic E-state index is -0.647. The number of hydrogen-bond acceptors (Lipinski definition) is 3. The Labute approximate surface area is 132 Å². The summed E-state index contributed by atoms with van der Waals surface area (Å²) in [6.45, 7) is 0. The molecule has 3 nitrogen and oxygen atoms in total. The first-order valence-electron chi connectivity index (χ1n) is 6.00. The summed E-state index contributed by atoms with van der Waals surface area (Å²) in [5.41, 5.74) is 7.54. The van der Waals surface area contributed by atoms with Gasteiger partial charge < -0.3 is 5.73 Å². The van der Waals surface area contributed by atoms with Crippen LogP contribution in [0.1, 0.15) is 0 Å². The molecule has 21 heavy (non-hydrogen) atoms. The highest BCUT2D eigenvalue weighted by molar-refractivity contribution is 9.11. The van der Waals surface area contributed by atoms with Crippen molar-refractivity contribution in [1.29, 1.82) is 0 Å². The molecule has 2 aromatic heterocycles. The summed E-state index contributed by atoms with van der Waals surface area (Å²) >= 11 is 4.87. The number of rotatable bonds is 2. The number of halogens is 3. The first-order chi connectivity index (χ1) is 9.95. The normalized spacial score (nSPS) is 11.0. The predicted octanol–water partition coefficient (Wildman–Crippen LogP) is 4.44. The van der Waals surface area contributed by atoms with E-state index in [4.69, 9.17) is 5.73 Å². The van der Waals surface area contributed by atoms with Gasteiger partial charge in [0.1, 0.15) is 23.1 Å². The lowest BCUT2D eigenvalue weighted by molar-refractivity contribution is 0.584. The lowest BCUT2D eigenvalue weighted by atomic mass is 10.0. The lowest BCUT2D eigenvalue weighted by Crippen LogP contribution is -1.98. The van der Waals surface area contributed by atoms with E-state index in [1.54, 1.807) is 7.05 Å². The molecule has 0 aliphatic rings. The zero-order chi connectivity index (χ0) is 15.1. The third-order valence-electron chi connectivity index (χ3n) is 3.05. The van der Waals surface area contributed by atoms with Crippen LogP contribution >= 0.6 is 27.3 Å². The fourth-order valence-corrected chi connectivity index (χ4v) is 3.51. The van der Waals surface area contributed by atoms with Gasteiger partial charge in [0.15, 0.2) is 0 Å². The highest BCUT2D eigenvalue weighted by atomic mass is 79.9. The van der Waals surface area contributed by atoms with Crippen LogP contribution in [-0.4, -0.2) is 9.78 Å². The van der Waals surface area contributed by atoms with Crippen molar-refractivity contribution in [3.05, 3.63) is 45.8 Å². The fourth-order valence-electron chi connectivity index (χ4n) is 2.13. The number of nitrogens with two attached hydrogens (primary N) is 1. The van der Waals surface area contributed by atoms with Crippen LogP contribution in [0.4, 0.5) is 14.6 Å². The number of aryl methyl sites for hydroxylation is 1. The number of aromatic nitrogens is 2. The van der Waals surface area contributed by atoms with Crippen molar-refractivity contribution in [2.45, 2.75) is 0 Å². The maximum Gasteiger partial charge on any atom is 0.129 e. The molecule has 2 heterocycles. The Hall–Kier alpha value is -1.73. The lowest BCUT2D eigenvalue weighted by Gasteiger charge is -2.04. The van der Waals surface area contributed by atoms with Gasteiger partial charge in [0.25, 0.3) is 0 Å². The Balaban J connectivity index is 2.26. The van der Waals surface area contributed by atoms with Gasteiger partial charge in [-0.15, -0.1) is 11.3 Å². The summed E-state index contributed by atoms with van der Waals surface area (Å²) in [5, 5.41) is 4.37. The van der Waals surface area contributed by atoms with Crippen LogP contribution in [0.15, 0.2) is 34.1 Å². The second kappa shape index (κ2) is 5.23. The molecule has 0 aliphatic heterocycles. The average molecular weight is 370 g/mol. The fraction of sp³-hybridized carbons (Fsp3) is 0.0714. The summed E-state index contributed by atoms with van der Waals surface area (Å²) in [4.78, 5) is 0.869. The molecule has 0 aliphatic carbocycles. The first kappa shape index (κ1) is 14.2. The van der Waals surface area contributed by atoms with E-state index in [1.807, 2.05) is 12.1 Å². The predicted molar refractivity (Wildman–Crippen MR) is 84.0 cm³/mol. The van der Waals surface area contributed by atoms with Crippen molar-refractivity contribution in [3.63, 3.8) is 0 Å². The number of nitrogens with zero attached hydrogens (tertiary/aromatic N) is 2. The maximum atomic E-state index is 13.5. The smallest absolute Gasteiger partial charge is 0.129 e. The van der Waals surface area contributed by atoms with Gasteiger partial charge >= 0.3 is 0 Å². The van der Waals surface area contributed by atoms with E-state index in [1.165, 1.54) is 28.2 Å². The zero-order valence-corrected chi connectivity index (χ0v) is 13.3. The highest BCUT2D eigenvalue weighted by Gasteiger charge is 2.19. The van der Waals surface area contributed by atoms with E-state index in [2.05, 4.69) is 21.0 Å². The number of hydrogen-bond donors (Lipinski definition) is 1. The number of benzene rings is 1. The Morgan fingerprint density at radius 1 is 1.19 bits per heavy atom. The third-order valence-corrected chi connectivity index (χ3v) is 4.68. The molecule has 3 aromatic rings. The van der Waals surface area contributed by atoms with Crippen LogP contribution in [0, 0.1) is 11.6 Å². The molecule has 0 unspecified atom stereocenters. The molecule has 3 rings (SSSR count). The molecule has 0 bridgehead atoms. The molecule has 0 fully saturated rings. The summed E-state index contributed by atoms with van der Waals surface area (Å²) in [6.07, 6.45) is 0. The number of nitrogen functional groups attached to an aromatic ring is 1. The Kier molecular flexibility index (Phi) is 3.54. The molecule has 2 N–H and O–H groups in total. The SMILES string of the molecule is Cn1nc(-c2ccc(Br)s2)c(-c2cc(F)cc(F)c2)c1N. The quantitative estimate of drug-likeness (QED) is 0.725. The average Bonchev–Trinajstić information content (AvgIpc) is 2.94. The molecule has 0 amide bonds. The molecule has 0 saturated carbocycles. The van der Waals surface area contributed by atoms with Crippen LogP contribution in [-0.2, 0) is 7.05 Å². The van der Waals surface area contributed by atoms with Crippen LogP contribution in [0.5, 0.6) is 0 Å². The molecule has 0 radical (unpaired) electrons. The number of anilines is 1. The van der Waals surface area contributed by atoms with Gasteiger partial charge in [-0.3, -0.25) is 4.68 Å².